The molecule has 0 aliphatic carbocycles. The van der Waals surface area contributed by atoms with E-state index >= 15 is 0 Å². The summed E-state index contributed by atoms with van der Waals surface area (Å²) in [4.78, 5) is 13.1. The maximum atomic E-state index is 13.1. The molecule has 0 fully saturated rings. The summed E-state index contributed by atoms with van der Waals surface area (Å²) >= 11 is 18.6. The first kappa shape index (κ1) is 23.8. The monoisotopic (exact) mass is 511 g/mol. The van der Waals surface area contributed by atoms with Crippen LogP contribution in [0.3, 0.4) is 0 Å². The first-order chi connectivity index (χ1) is 16.2. The fourth-order valence-corrected chi connectivity index (χ4v) is 4.22. The van der Waals surface area contributed by atoms with E-state index in [1.165, 1.54) is 0 Å². The Morgan fingerprint density at radius 1 is 1.03 bits per heavy atom. The highest BCUT2D eigenvalue weighted by Crippen LogP contribution is 2.33. The molecule has 0 aliphatic heterocycles. The summed E-state index contributed by atoms with van der Waals surface area (Å²) < 4.78 is 1.64. The summed E-state index contributed by atoms with van der Waals surface area (Å²) in [6.45, 7) is 2.09. The number of nitrogens with one attached hydrogen (secondary N) is 2. The second kappa shape index (κ2) is 9.89. The molecular weight excluding hydrogens is 493 g/mol. The Balaban J connectivity index is 1.73. The SMILES string of the molecule is Cc1c(C(=O)NCc2cccc(C(=N)N)c2)nn(-c2ccc(Cl)cc2Cl)c1-c1ccc(Cl)cc1. The van der Waals surface area contributed by atoms with Crippen molar-refractivity contribution < 1.29 is 4.79 Å². The van der Waals surface area contributed by atoms with Crippen molar-refractivity contribution in [1.82, 2.24) is 15.1 Å². The Morgan fingerprint density at radius 3 is 2.41 bits per heavy atom. The second-order valence-electron chi connectivity index (χ2n) is 7.63. The van der Waals surface area contributed by atoms with Crippen LogP contribution in [0, 0.1) is 12.3 Å². The summed E-state index contributed by atoms with van der Waals surface area (Å²) in [5.74, 6) is -0.375. The van der Waals surface area contributed by atoms with Gasteiger partial charge in [-0.05, 0) is 48.9 Å². The van der Waals surface area contributed by atoms with Gasteiger partial charge in [-0.2, -0.15) is 5.10 Å². The average molecular weight is 513 g/mol. The van der Waals surface area contributed by atoms with Crippen molar-refractivity contribution in [2.45, 2.75) is 13.5 Å². The number of rotatable bonds is 6. The van der Waals surface area contributed by atoms with Crippen molar-refractivity contribution in [1.29, 1.82) is 5.41 Å². The molecule has 0 saturated heterocycles. The van der Waals surface area contributed by atoms with Gasteiger partial charge in [0.05, 0.1) is 16.4 Å². The minimum atomic E-state index is -0.343. The Morgan fingerprint density at radius 2 is 1.74 bits per heavy atom. The smallest absolute Gasteiger partial charge is 0.272 e. The summed E-state index contributed by atoms with van der Waals surface area (Å²) in [6, 6.07) is 19.5. The molecule has 9 heteroatoms. The molecule has 0 unspecified atom stereocenters. The van der Waals surface area contributed by atoms with Gasteiger partial charge in [0.25, 0.3) is 5.91 Å². The van der Waals surface area contributed by atoms with Crippen LogP contribution in [0.25, 0.3) is 16.9 Å². The number of amides is 1. The number of halogens is 3. The van der Waals surface area contributed by atoms with Gasteiger partial charge in [-0.1, -0.05) is 65.1 Å². The van der Waals surface area contributed by atoms with E-state index in [9.17, 15) is 4.79 Å². The van der Waals surface area contributed by atoms with E-state index in [-0.39, 0.29) is 24.0 Å². The molecule has 0 atom stereocenters. The first-order valence-corrected chi connectivity index (χ1v) is 11.4. The molecule has 0 radical (unpaired) electrons. The molecule has 0 aliphatic rings. The maximum Gasteiger partial charge on any atom is 0.272 e. The van der Waals surface area contributed by atoms with E-state index in [1.54, 1.807) is 53.2 Å². The highest BCUT2D eigenvalue weighted by molar-refractivity contribution is 6.35. The lowest BCUT2D eigenvalue weighted by Gasteiger charge is -2.11. The van der Waals surface area contributed by atoms with Crippen molar-refractivity contribution in [2.24, 2.45) is 5.73 Å². The third kappa shape index (κ3) is 4.94. The van der Waals surface area contributed by atoms with Gasteiger partial charge in [-0.15, -0.1) is 0 Å². The van der Waals surface area contributed by atoms with Crippen molar-refractivity contribution in [3.63, 3.8) is 0 Å². The molecule has 0 spiro atoms. The van der Waals surface area contributed by atoms with Gasteiger partial charge < -0.3 is 11.1 Å². The third-order valence-electron chi connectivity index (χ3n) is 5.28. The van der Waals surface area contributed by atoms with E-state index in [4.69, 9.17) is 45.9 Å². The summed E-state index contributed by atoms with van der Waals surface area (Å²) in [5.41, 5.74) is 10.1. The van der Waals surface area contributed by atoms with Crippen molar-refractivity contribution >= 4 is 46.5 Å². The van der Waals surface area contributed by atoms with Crippen LogP contribution in [0.2, 0.25) is 15.1 Å². The van der Waals surface area contributed by atoms with Crippen LogP contribution in [0.4, 0.5) is 0 Å². The van der Waals surface area contributed by atoms with Crippen LogP contribution >= 0.6 is 34.8 Å². The van der Waals surface area contributed by atoms with Gasteiger partial charge in [0.1, 0.15) is 5.84 Å². The van der Waals surface area contributed by atoms with Gasteiger partial charge in [-0.3, -0.25) is 10.2 Å². The lowest BCUT2D eigenvalue weighted by molar-refractivity contribution is 0.0945. The molecule has 34 heavy (non-hydrogen) atoms. The van der Waals surface area contributed by atoms with E-state index in [0.29, 0.717) is 37.6 Å². The molecule has 6 nitrogen and oxygen atoms in total. The Bertz CT molecular complexity index is 1400. The fourth-order valence-electron chi connectivity index (χ4n) is 3.60. The second-order valence-corrected chi connectivity index (χ2v) is 8.91. The van der Waals surface area contributed by atoms with E-state index in [2.05, 4.69) is 10.4 Å². The van der Waals surface area contributed by atoms with Crippen LogP contribution in [0.5, 0.6) is 0 Å². The number of benzene rings is 3. The average Bonchev–Trinajstić information content (AvgIpc) is 3.15. The van der Waals surface area contributed by atoms with Crippen molar-refractivity contribution in [2.75, 3.05) is 0 Å². The van der Waals surface area contributed by atoms with Crippen LogP contribution in [-0.2, 0) is 6.54 Å². The predicted octanol–water partition coefficient (Wildman–Crippen LogP) is 6.02. The number of nitrogens with two attached hydrogens (primary N) is 1. The minimum Gasteiger partial charge on any atom is -0.384 e. The number of carbonyl (C=O) groups excluding carboxylic acids is 1. The summed E-state index contributed by atoms with van der Waals surface area (Å²) in [6.07, 6.45) is 0. The molecule has 4 rings (SSSR count). The number of aromatic nitrogens is 2. The standard InChI is InChI=1S/C25H20Cl3N5O/c1-14-22(25(34)31-13-15-3-2-4-17(11-15)24(29)30)32-33(21-10-9-19(27)12-20(21)28)23(14)16-5-7-18(26)8-6-16/h2-12H,13H2,1H3,(H3,29,30)(H,31,34). The molecule has 172 valence electrons. The van der Waals surface area contributed by atoms with Gasteiger partial charge in [0, 0.05) is 33.3 Å². The topological polar surface area (TPSA) is 96.8 Å². The number of nitrogens with zero attached hydrogens (tertiary/aromatic N) is 2. The number of hydrogen-bond donors (Lipinski definition) is 3. The van der Waals surface area contributed by atoms with Crippen LogP contribution in [0.15, 0.2) is 66.7 Å². The molecular formula is C25H20Cl3N5O. The van der Waals surface area contributed by atoms with Gasteiger partial charge in [0.15, 0.2) is 5.69 Å². The quantitative estimate of drug-likeness (QED) is 0.218. The predicted molar refractivity (Wildman–Crippen MR) is 137 cm³/mol. The molecule has 0 saturated carbocycles. The third-order valence-corrected chi connectivity index (χ3v) is 6.07. The Labute approximate surface area is 211 Å². The van der Waals surface area contributed by atoms with E-state index in [0.717, 1.165) is 11.1 Å². The normalized spacial score (nSPS) is 10.8. The fraction of sp³-hybridized carbons (Fsp3) is 0.0800. The molecule has 1 aromatic heterocycles. The summed E-state index contributed by atoms with van der Waals surface area (Å²) in [7, 11) is 0. The number of carbonyl (C=O) groups is 1. The highest BCUT2D eigenvalue weighted by atomic mass is 35.5. The number of amidine groups is 1. The Hall–Kier alpha value is -3.32. The lowest BCUT2D eigenvalue weighted by Crippen LogP contribution is -2.24. The molecule has 1 heterocycles. The molecule has 4 aromatic rings. The highest BCUT2D eigenvalue weighted by Gasteiger charge is 2.23. The van der Waals surface area contributed by atoms with E-state index < -0.39 is 0 Å². The summed E-state index contributed by atoms with van der Waals surface area (Å²) in [5, 5.41) is 16.6. The molecule has 3 aromatic carbocycles. The Kier molecular flexibility index (Phi) is 6.93. The van der Waals surface area contributed by atoms with Crippen LogP contribution in [0.1, 0.15) is 27.2 Å². The van der Waals surface area contributed by atoms with Gasteiger partial charge in [0.2, 0.25) is 0 Å². The minimum absolute atomic E-state index is 0.0322. The number of hydrogen-bond acceptors (Lipinski definition) is 3. The van der Waals surface area contributed by atoms with Gasteiger partial charge >= 0.3 is 0 Å². The van der Waals surface area contributed by atoms with E-state index in [1.807, 2.05) is 25.1 Å². The van der Waals surface area contributed by atoms with Crippen molar-refractivity contribution in [3.8, 4) is 16.9 Å². The van der Waals surface area contributed by atoms with Crippen LogP contribution < -0.4 is 11.1 Å². The van der Waals surface area contributed by atoms with Gasteiger partial charge in [-0.25, -0.2) is 4.68 Å². The zero-order valence-corrected chi connectivity index (χ0v) is 20.3. The zero-order valence-electron chi connectivity index (χ0n) is 18.1. The number of nitrogen functional groups attached to an aromatic ring is 1. The first-order valence-electron chi connectivity index (χ1n) is 10.3. The van der Waals surface area contributed by atoms with Crippen LogP contribution in [-0.4, -0.2) is 21.5 Å². The largest absolute Gasteiger partial charge is 0.384 e. The maximum absolute atomic E-state index is 13.1. The molecule has 0 bridgehead atoms. The van der Waals surface area contributed by atoms with Crippen molar-refractivity contribution in [3.05, 3.63) is 104 Å². The lowest BCUT2D eigenvalue weighted by atomic mass is 10.1. The zero-order chi connectivity index (χ0) is 24.4. The molecule has 1 amide bonds. The molecule has 4 N–H and O–H groups in total.